The molecule has 1 heterocycles. The molecule has 29 heavy (non-hydrogen) atoms. The highest BCUT2D eigenvalue weighted by Gasteiger charge is 2.13. The van der Waals surface area contributed by atoms with Crippen LogP contribution < -0.4 is 20.6 Å². The first-order valence-electron chi connectivity index (χ1n) is 8.58. The van der Waals surface area contributed by atoms with E-state index in [0.29, 0.717) is 38.8 Å². The normalized spacial score (nSPS) is 10.9. The number of hydrazone groups is 1. The van der Waals surface area contributed by atoms with Crippen LogP contribution in [0.2, 0.25) is 5.02 Å². The van der Waals surface area contributed by atoms with Crippen molar-refractivity contribution in [3.05, 3.63) is 69.2 Å². The summed E-state index contributed by atoms with van der Waals surface area (Å²) in [6.45, 7) is 2.10. The first-order valence-corrected chi connectivity index (χ1v) is 9.77. The molecule has 0 atom stereocenters. The molecule has 0 spiro atoms. The van der Waals surface area contributed by atoms with Gasteiger partial charge in [-0.1, -0.05) is 35.1 Å². The molecule has 9 heteroatoms. The molecule has 0 radical (unpaired) electrons. The van der Waals surface area contributed by atoms with Crippen LogP contribution in [0.25, 0.3) is 0 Å². The van der Waals surface area contributed by atoms with Gasteiger partial charge in [0.1, 0.15) is 11.5 Å². The predicted octanol–water partition coefficient (Wildman–Crippen LogP) is 4.04. The lowest BCUT2D eigenvalue weighted by atomic mass is 10.2. The lowest BCUT2D eigenvalue weighted by molar-refractivity contribution is 0.0958. The zero-order chi connectivity index (χ0) is 20.8. The van der Waals surface area contributed by atoms with Crippen LogP contribution >= 0.6 is 22.9 Å². The molecule has 0 saturated heterocycles. The zero-order valence-corrected chi connectivity index (χ0v) is 17.4. The summed E-state index contributed by atoms with van der Waals surface area (Å²) in [5.41, 5.74) is 10.4. The fourth-order valence-electron chi connectivity index (χ4n) is 2.47. The summed E-state index contributed by atoms with van der Waals surface area (Å²) >= 11 is 7.01. The van der Waals surface area contributed by atoms with Gasteiger partial charge in [0.25, 0.3) is 5.91 Å². The maximum Gasteiger partial charge on any atom is 0.283 e. The van der Waals surface area contributed by atoms with Gasteiger partial charge in [-0.3, -0.25) is 4.79 Å². The van der Waals surface area contributed by atoms with E-state index in [1.807, 2.05) is 30.3 Å². The Morgan fingerprint density at radius 3 is 2.69 bits per heavy atom. The third-order valence-electron chi connectivity index (χ3n) is 3.89. The van der Waals surface area contributed by atoms with Crippen LogP contribution in [-0.2, 0) is 6.61 Å². The molecule has 0 aliphatic rings. The molecule has 7 nitrogen and oxygen atoms in total. The van der Waals surface area contributed by atoms with Gasteiger partial charge in [0.15, 0.2) is 16.6 Å². The van der Waals surface area contributed by atoms with Crippen molar-refractivity contribution < 1.29 is 14.3 Å². The third kappa shape index (κ3) is 5.46. The highest BCUT2D eigenvalue weighted by molar-refractivity contribution is 7.17. The summed E-state index contributed by atoms with van der Waals surface area (Å²) in [5.74, 6) is 0.794. The van der Waals surface area contributed by atoms with Crippen molar-refractivity contribution in [2.75, 3.05) is 12.8 Å². The summed E-state index contributed by atoms with van der Waals surface area (Å²) in [6.07, 6.45) is 1.52. The number of nitrogens with one attached hydrogen (secondary N) is 1. The topological polar surface area (TPSA) is 98.8 Å². The molecule has 3 rings (SSSR count). The summed E-state index contributed by atoms with van der Waals surface area (Å²) in [5, 5.41) is 5.00. The molecule has 1 amide bonds. The van der Waals surface area contributed by atoms with E-state index in [4.69, 9.17) is 26.8 Å². The van der Waals surface area contributed by atoms with Crippen molar-refractivity contribution in [1.29, 1.82) is 0 Å². The Kier molecular flexibility index (Phi) is 6.69. The molecule has 0 fully saturated rings. The van der Waals surface area contributed by atoms with E-state index in [1.165, 1.54) is 6.21 Å². The van der Waals surface area contributed by atoms with Gasteiger partial charge in [0.2, 0.25) is 0 Å². The van der Waals surface area contributed by atoms with Crippen molar-refractivity contribution in [3.63, 3.8) is 0 Å². The Morgan fingerprint density at radius 1 is 1.28 bits per heavy atom. The van der Waals surface area contributed by atoms with Crippen LogP contribution in [0.1, 0.15) is 26.5 Å². The number of aryl methyl sites for hydroxylation is 1. The van der Waals surface area contributed by atoms with E-state index in [1.54, 1.807) is 26.2 Å². The Bertz CT molecular complexity index is 1030. The minimum Gasteiger partial charge on any atom is -0.493 e. The summed E-state index contributed by atoms with van der Waals surface area (Å²) < 4.78 is 11.2. The number of benzene rings is 2. The zero-order valence-electron chi connectivity index (χ0n) is 15.8. The van der Waals surface area contributed by atoms with Crippen LogP contribution in [0.4, 0.5) is 5.13 Å². The Balaban J connectivity index is 1.63. The summed E-state index contributed by atoms with van der Waals surface area (Å²) in [7, 11) is 1.56. The molecule has 0 aliphatic heterocycles. The van der Waals surface area contributed by atoms with Crippen LogP contribution in [0, 0.1) is 6.92 Å². The highest BCUT2D eigenvalue weighted by atomic mass is 35.5. The second kappa shape index (κ2) is 9.40. The third-order valence-corrected chi connectivity index (χ3v) is 5.13. The van der Waals surface area contributed by atoms with Crippen LogP contribution in [-0.4, -0.2) is 24.2 Å². The summed E-state index contributed by atoms with van der Waals surface area (Å²) in [4.78, 5) is 16.6. The Labute approximate surface area is 177 Å². The van der Waals surface area contributed by atoms with Gasteiger partial charge in [-0.25, -0.2) is 10.4 Å². The number of halogens is 1. The number of methoxy groups -OCH3 is 1. The quantitative estimate of drug-likeness (QED) is 0.435. The molecule has 0 unspecified atom stereocenters. The highest BCUT2D eigenvalue weighted by Crippen LogP contribution is 2.28. The average Bonchev–Trinajstić information content (AvgIpc) is 3.06. The van der Waals surface area contributed by atoms with Gasteiger partial charge in [0.05, 0.1) is 19.0 Å². The second-order valence-corrected chi connectivity index (χ2v) is 7.46. The van der Waals surface area contributed by atoms with Crippen molar-refractivity contribution in [1.82, 2.24) is 10.4 Å². The van der Waals surface area contributed by atoms with Crippen LogP contribution in [0.15, 0.2) is 47.6 Å². The number of hydrogen-bond donors (Lipinski definition) is 2. The molecular formula is C20H19ClN4O3S. The number of carbonyl (C=O) groups excluding carboxylic acids is 1. The fourth-order valence-corrected chi connectivity index (χ4v) is 3.32. The standard InChI is InChI=1S/C20H19ClN4O3S/c1-12-18(29-20(22)24-12)19(26)25-23-10-14-5-8-16(17(9-14)27-2)28-11-13-3-6-15(21)7-4-13/h3-10H,11H2,1-2H3,(H2,22,24)(H,25,26)/b23-10-. The number of rotatable bonds is 7. The van der Waals surface area contributed by atoms with Gasteiger partial charge in [-0.2, -0.15) is 5.10 Å². The van der Waals surface area contributed by atoms with Crippen molar-refractivity contribution in [2.24, 2.45) is 5.10 Å². The number of thiazole rings is 1. The van der Waals surface area contributed by atoms with E-state index in [0.717, 1.165) is 22.5 Å². The average molecular weight is 431 g/mol. The van der Waals surface area contributed by atoms with E-state index < -0.39 is 0 Å². The number of anilines is 1. The number of amides is 1. The second-order valence-electron chi connectivity index (χ2n) is 5.99. The smallest absolute Gasteiger partial charge is 0.283 e. The van der Waals surface area contributed by atoms with Crippen molar-refractivity contribution in [3.8, 4) is 11.5 Å². The molecule has 3 aromatic rings. The lowest BCUT2D eigenvalue weighted by Crippen LogP contribution is -2.17. The molecule has 0 saturated carbocycles. The van der Waals surface area contributed by atoms with Crippen LogP contribution in [0.5, 0.6) is 11.5 Å². The maximum atomic E-state index is 12.1. The molecule has 0 aliphatic carbocycles. The predicted molar refractivity (Wildman–Crippen MR) is 115 cm³/mol. The molecule has 3 N–H and O–H groups in total. The molecule has 1 aromatic heterocycles. The summed E-state index contributed by atoms with van der Waals surface area (Å²) in [6, 6.07) is 12.8. The monoisotopic (exact) mass is 430 g/mol. The fraction of sp³-hybridized carbons (Fsp3) is 0.150. The van der Waals surface area contributed by atoms with E-state index >= 15 is 0 Å². The number of aromatic nitrogens is 1. The van der Waals surface area contributed by atoms with Crippen molar-refractivity contribution >= 4 is 40.2 Å². The Hall–Kier alpha value is -3.10. The van der Waals surface area contributed by atoms with Gasteiger partial charge in [-0.15, -0.1) is 0 Å². The number of nitrogens with two attached hydrogens (primary N) is 1. The van der Waals surface area contributed by atoms with Gasteiger partial charge in [-0.05, 0) is 48.4 Å². The molecular weight excluding hydrogens is 412 g/mol. The van der Waals surface area contributed by atoms with Gasteiger partial charge < -0.3 is 15.2 Å². The molecule has 0 bridgehead atoms. The maximum absolute atomic E-state index is 12.1. The first kappa shape index (κ1) is 20.6. The molecule has 2 aromatic carbocycles. The number of carbonyl (C=O) groups is 1. The number of nitrogen functional groups attached to an aromatic ring is 1. The van der Waals surface area contributed by atoms with E-state index in [2.05, 4.69) is 15.5 Å². The molecule has 150 valence electrons. The van der Waals surface area contributed by atoms with Crippen molar-refractivity contribution in [2.45, 2.75) is 13.5 Å². The lowest BCUT2D eigenvalue weighted by Gasteiger charge is -2.11. The number of ether oxygens (including phenoxy) is 2. The first-order chi connectivity index (χ1) is 14.0. The Morgan fingerprint density at radius 2 is 2.03 bits per heavy atom. The van der Waals surface area contributed by atoms with E-state index in [9.17, 15) is 4.79 Å². The van der Waals surface area contributed by atoms with Gasteiger partial charge in [0, 0.05) is 5.02 Å². The largest absolute Gasteiger partial charge is 0.493 e. The minimum absolute atomic E-state index is 0.343. The number of hydrogen-bond acceptors (Lipinski definition) is 7. The minimum atomic E-state index is -0.358. The van der Waals surface area contributed by atoms with E-state index in [-0.39, 0.29) is 5.91 Å². The number of nitrogens with zero attached hydrogens (tertiary/aromatic N) is 2. The van der Waals surface area contributed by atoms with Gasteiger partial charge >= 0.3 is 0 Å². The SMILES string of the molecule is COc1cc(/C=N\NC(=O)c2sc(N)nc2C)ccc1OCc1ccc(Cl)cc1. The van der Waals surface area contributed by atoms with Crippen LogP contribution in [0.3, 0.4) is 0 Å².